The maximum atomic E-state index is 11.9. The van der Waals surface area contributed by atoms with E-state index in [1.807, 2.05) is 30.7 Å². The lowest BCUT2D eigenvalue weighted by molar-refractivity contribution is -0.129. The van der Waals surface area contributed by atoms with Gasteiger partial charge in [-0.2, -0.15) is 0 Å². The van der Waals surface area contributed by atoms with Crippen molar-refractivity contribution in [2.75, 3.05) is 25.0 Å². The second-order valence-electron chi connectivity index (χ2n) is 5.72. The number of rotatable bonds is 6. The predicted octanol–water partition coefficient (Wildman–Crippen LogP) is 0.986. The van der Waals surface area contributed by atoms with Gasteiger partial charge in [0.15, 0.2) is 0 Å². The maximum Gasteiger partial charge on any atom is 0.249 e. The number of anilines is 1. The van der Waals surface area contributed by atoms with Crippen molar-refractivity contribution in [2.24, 2.45) is 0 Å². The lowest BCUT2D eigenvalue weighted by Gasteiger charge is -2.12. The smallest absolute Gasteiger partial charge is 0.249 e. The Kier molecular flexibility index (Phi) is 5.05. The van der Waals surface area contributed by atoms with Crippen LogP contribution in [0.2, 0.25) is 0 Å². The van der Waals surface area contributed by atoms with Gasteiger partial charge in [-0.1, -0.05) is 0 Å². The first-order chi connectivity index (χ1) is 11.6. The van der Waals surface area contributed by atoms with Gasteiger partial charge in [-0.25, -0.2) is 15.0 Å². The first-order valence-electron chi connectivity index (χ1n) is 8.12. The summed E-state index contributed by atoms with van der Waals surface area (Å²) in [4.78, 5) is 24.9. The van der Waals surface area contributed by atoms with E-state index in [1.54, 1.807) is 6.20 Å². The molecule has 8 nitrogen and oxygen atoms in total. The number of carbonyl (C=O) groups excluding carboxylic acids is 1. The molecule has 24 heavy (non-hydrogen) atoms. The van der Waals surface area contributed by atoms with Gasteiger partial charge < -0.3 is 15.4 Å². The van der Waals surface area contributed by atoms with Gasteiger partial charge >= 0.3 is 0 Å². The fourth-order valence-electron chi connectivity index (χ4n) is 2.66. The van der Waals surface area contributed by atoms with Crippen molar-refractivity contribution in [2.45, 2.75) is 32.8 Å². The quantitative estimate of drug-likeness (QED) is 0.767. The molecular weight excluding hydrogens is 308 g/mol. The van der Waals surface area contributed by atoms with Crippen LogP contribution in [0.5, 0.6) is 0 Å². The number of imidazole rings is 1. The van der Waals surface area contributed by atoms with Crippen LogP contribution >= 0.6 is 0 Å². The summed E-state index contributed by atoms with van der Waals surface area (Å²) in [6.07, 6.45) is 5.07. The van der Waals surface area contributed by atoms with Crippen LogP contribution in [0, 0.1) is 13.8 Å². The Hall–Kier alpha value is -2.48. The summed E-state index contributed by atoms with van der Waals surface area (Å²) in [6, 6.07) is 1.86. The van der Waals surface area contributed by atoms with Crippen LogP contribution in [0.3, 0.4) is 0 Å². The molecule has 0 aromatic carbocycles. The molecule has 0 aliphatic carbocycles. The predicted molar refractivity (Wildman–Crippen MR) is 89.1 cm³/mol. The highest BCUT2D eigenvalue weighted by Crippen LogP contribution is 2.13. The van der Waals surface area contributed by atoms with Crippen molar-refractivity contribution in [3.8, 4) is 5.82 Å². The maximum absolute atomic E-state index is 11.9. The van der Waals surface area contributed by atoms with E-state index in [2.05, 4.69) is 25.6 Å². The number of aryl methyl sites for hydroxylation is 2. The van der Waals surface area contributed by atoms with E-state index >= 15 is 0 Å². The molecule has 1 saturated heterocycles. The van der Waals surface area contributed by atoms with E-state index in [4.69, 9.17) is 4.74 Å². The Labute approximate surface area is 140 Å². The summed E-state index contributed by atoms with van der Waals surface area (Å²) in [5, 5.41) is 6.09. The standard InChI is InChI=1S/C16H22N6O2/c1-11-20-14(10-15(21-11)22-8-7-17-12(22)2)18-5-6-19-16(23)13-4-3-9-24-13/h7-8,10,13H,3-6,9H2,1-2H3,(H,19,23)(H,18,20,21). The van der Waals surface area contributed by atoms with Crippen molar-refractivity contribution in [3.63, 3.8) is 0 Å². The topological polar surface area (TPSA) is 94.0 Å². The summed E-state index contributed by atoms with van der Waals surface area (Å²) >= 11 is 0. The third-order valence-electron chi connectivity index (χ3n) is 3.85. The Morgan fingerprint density at radius 1 is 1.38 bits per heavy atom. The van der Waals surface area contributed by atoms with Crippen molar-refractivity contribution < 1.29 is 9.53 Å². The molecule has 2 aromatic heterocycles. The van der Waals surface area contributed by atoms with Crippen LogP contribution in [-0.4, -0.2) is 51.2 Å². The molecule has 8 heteroatoms. The minimum atomic E-state index is -0.290. The van der Waals surface area contributed by atoms with E-state index in [-0.39, 0.29) is 12.0 Å². The molecule has 1 fully saturated rings. The SMILES string of the molecule is Cc1nc(NCCNC(=O)C2CCCO2)cc(-n2ccnc2C)n1. The number of ether oxygens (including phenoxy) is 1. The van der Waals surface area contributed by atoms with Crippen LogP contribution < -0.4 is 10.6 Å². The zero-order chi connectivity index (χ0) is 16.9. The lowest BCUT2D eigenvalue weighted by atomic mass is 10.2. The fourth-order valence-corrected chi connectivity index (χ4v) is 2.66. The molecule has 1 aliphatic heterocycles. The number of nitrogens with one attached hydrogen (secondary N) is 2. The number of nitrogens with zero attached hydrogens (tertiary/aromatic N) is 4. The molecule has 0 bridgehead atoms. The molecule has 1 atom stereocenters. The molecule has 1 unspecified atom stereocenters. The minimum absolute atomic E-state index is 0.0390. The molecule has 2 aromatic rings. The third kappa shape index (κ3) is 3.88. The number of carbonyl (C=O) groups is 1. The van der Waals surface area contributed by atoms with Gasteiger partial charge in [-0.3, -0.25) is 9.36 Å². The van der Waals surface area contributed by atoms with Gasteiger partial charge in [-0.15, -0.1) is 0 Å². The number of aromatic nitrogens is 4. The van der Waals surface area contributed by atoms with E-state index in [9.17, 15) is 4.79 Å². The summed E-state index contributed by atoms with van der Waals surface area (Å²) in [5.41, 5.74) is 0. The first-order valence-corrected chi connectivity index (χ1v) is 8.12. The van der Waals surface area contributed by atoms with Gasteiger partial charge in [-0.05, 0) is 26.7 Å². The zero-order valence-corrected chi connectivity index (χ0v) is 14.0. The van der Waals surface area contributed by atoms with Crippen LogP contribution in [0.25, 0.3) is 5.82 Å². The minimum Gasteiger partial charge on any atom is -0.368 e. The van der Waals surface area contributed by atoms with Crippen LogP contribution in [0.1, 0.15) is 24.5 Å². The van der Waals surface area contributed by atoms with Gasteiger partial charge in [0.1, 0.15) is 29.4 Å². The third-order valence-corrected chi connectivity index (χ3v) is 3.85. The van der Waals surface area contributed by atoms with Gasteiger partial charge in [0.25, 0.3) is 0 Å². The highest BCUT2D eigenvalue weighted by molar-refractivity contribution is 5.80. The largest absolute Gasteiger partial charge is 0.368 e. The number of amides is 1. The molecule has 3 rings (SSSR count). The van der Waals surface area contributed by atoms with Gasteiger partial charge in [0.2, 0.25) is 5.91 Å². The lowest BCUT2D eigenvalue weighted by Crippen LogP contribution is -2.36. The molecule has 0 saturated carbocycles. The average molecular weight is 330 g/mol. The van der Waals surface area contributed by atoms with Crippen LogP contribution in [0.15, 0.2) is 18.5 Å². The summed E-state index contributed by atoms with van der Waals surface area (Å²) in [6.45, 7) is 5.54. The monoisotopic (exact) mass is 330 g/mol. The van der Waals surface area contributed by atoms with Crippen LogP contribution in [0.4, 0.5) is 5.82 Å². The van der Waals surface area contributed by atoms with E-state index in [1.165, 1.54) is 0 Å². The van der Waals surface area contributed by atoms with Crippen molar-refractivity contribution >= 4 is 11.7 Å². The molecule has 128 valence electrons. The summed E-state index contributed by atoms with van der Waals surface area (Å²) in [5.74, 6) is 2.98. The van der Waals surface area contributed by atoms with Crippen molar-refractivity contribution in [1.29, 1.82) is 0 Å². The van der Waals surface area contributed by atoms with E-state index in [0.717, 1.165) is 30.3 Å². The van der Waals surface area contributed by atoms with E-state index in [0.29, 0.717) is 25.5 Å². The molecular formula is C16H22N6O2. The molecule has 0 spiro atoms. The highest BCUT2D eigenvalue weighted by atomic mass is 16.5. The van der Waals surface area contributed by atoms with Crippen LogP contribution in [-0.2, 0) is 9.53 Å². The van der Waals surface area contributed by atoms with Crippen molar-refractivity contribution in [3.05, 3.63) is 30.1 Å². The Morgan fingerprint density at radius 3 is 2.96 bits per heavy atom. The Balaban J connectivity index is 1.54. The summed E-state index contributed by atoms with van der Waals surface area (Å²) < 4.78 is 7.25. The second-order valence-corrected chi connectivity index (χ2v) is 5.72. The number of hydrogen-bond acceptors (Lipinski definition) is 6. The first kappa shape index (κ1) is 16.4. The zero-order valence-electron chi connectivity index (χ0n) is 14.0. The normalized spacial score (nSPS) is 17.0. The van der Waals surface area contributed by atoms with Gasteiger partial charge in [0, 0.05) is 38.2 Å². The molecule has 1 aliphatic rings. The van der Waals surface area contributed by atoms with Crippen molar-refractivity contribution in [1.82, 2.24) is 24.8 Å². The van der Waals surface area contributed by atoms with Gasteiger partial charge in [0.05, 0.1) is 0 Å². The number of hydrogen-bond donors (Lipinski definition) is 2. The highest BCUT2D eigenvalue weighted by Gasteiger charge is 2.22. The molecule has 1 amide bonds. The Morgan fingerprint density at radius 2 is 2.25 bits per heavy atom. The molecule has 3 heterocycles. The molecule has 2 N–H and O–H groups in total. The fraction of sp³-hybridized carbons (Fsp3) is 0.500. The molecule has 0 radical (unpaired) electrons. The van der Waals surface area contributed by atoms with E-state index < -0.39 is 0 Å². The second kappa shape index (κ2) is 7.39. The Bertz CT molecular complexity index is 708. The summed E-state index contributed by atoms with van der Waals surface area (Å²) in [7, 11) is 0. The average Bonchev–Trinajstić information content (AvgIpc) is 3.22.